The molecule has 0 amide bonds. The number of nitrogens with one attached hydrogen (secondary N) is 1. The first-order valence-corrected chi connectivity index (χ1v) is 7.13. The van der Waals surface area contributed by atoms with E-state index in [4.69, 9.17) is 11.6 Å². The number of rotatable bonds is 4. The summed E-state index contributed by atoms with van der Waals surface area (Å²) in [5, 5.41) is 3.04. The number of para-hydroxylation sites is 1. The summed E-state index contributed by atoms with van der Waals surface area (Å²) in [4.78, 5) is 12.4. The first-order valence-electron chi connectivity index (χ1n) is 5.14. The van der Waals surface area contributed by atoms with Crippen LogP contribution in [0.15, 0.2) is 53.1 Å². The molecule has 0 saturated heterocycles. The Labute approximate surface area is 122 Å². The molecule has 0 saturated carbocycles. The molecule has 2 aromatic rings. The molecule has 92 valence electrons. The molecule has 5 heteroatoms. The highest BCUT2D eigenvalue weighted by molar-refractivity contribution is 9.10. The Balaban J connectivity index is 2.00. The first kappa shape index (κ1) is 13.3. The molecule has 18 heavy (non-hydrogen) atoms. The molecule has 0 spiro atoms. The van der Waals surface area contributed by atoms with E-state index in [-0.39, 0.29) is 5.78 Å². The van der Waals surface area contributed by atoms with Gasteiger partial charge in [0.1, 0.15) is 0 Å². The van der Waals surface area contributed by atoms with Crippen LogP contribution >= 0.6 is 38.9 Å². The molecule has 0 bridgehead atoms. The summed E-state index contributed by atoms with van der Waals surface area (Å²) in [6.07, 6.45) is 3.11. The zero-order chi connectivity index (χ0) is 13.0. The second-order valence-corrected chi connectivity index (χ2v) is 5.99. The van der Waals surface area contributed by atoms with Crippen molar-refractivity contribution in [3.63, 3.8) is 0 Å². The fourth-order valence-corrected chi connectivity index (χ4v) is 2.68. The third-order valence-electron chi connectivity index (χ3n) is 2.16. The highest BCUT2D eigenvalue weighted by Gasteiger charge is 2.04. The maximum Gasteiger partial charge on any atom is 0.197 e. The number of benzene rings is 1. The second-order valence-electron chi connectivity index (χ2n) is 3.43. The molecule has 0 aliphatic heterocycles. The number of halogens is 2. The van der Waals surface area contributed by atoms with Crippen LogP contribution < -0.4 is 5.32 Å². The van der Waals surface area contributed by atoms with Gasteiger partial charge < -0.3 is 5.32 Å². The minimum absolute atomic E-state index is 0.0635. The highest BCUT2D eigenvalue weighted by Crippen LogP contribution is 2.23. The Hall–Kier alpha value is -1.10. The van der Waals surface area contributed by atoms with Gasteiger partial charge in [0.25, 0.3) is 0 Å². The van der Waals surface area contributed by atoms with Gasteiger partial charge in [-0.15, -0.1) is 11.3 Å². The highest BCUT2D eigenvalue weighted by atomic mass is 79.9. The third kappa shape index (κ3) is 3.45. The van der Waals surface area contributed by atoms with E-state index in [2.05, 4.69) is 21.2 Å². The SMILES string of the molecule is O=C(C=CNc1ccccc1Br)c1ccc(Cl)s1. The quantitative estimate of drug-likeness (QED) is 0.627. The molecular formula is C13H9BrClNOS. The number of hydrogen-bond donors (Lipinski definition) is 1. The fraction of sp³-hybridized carbons (Fsp3) is 0. The van der Waals surface area contributed by atoms with Crippen molar-refractivity contribution in [2.45, 2.75) is 0 Å². The number of allylic oxidation sites excluding steroid dienone is 1. The van der Waals surface area contributed by atoms with E-state index in [1.807, 2.05) is 24.3 Å². The van der Waals surface area contributed by atoms with Gasteiger partial charge in [0.05, 0.1) is 14.9 Å². The van der Waals surface area contributed by atoms with Crippen LogP contribution in [0.5, 0.6) is 0 Å². The van der Waals surface area contributed by atoms with E-state index < -0.39 is 0 Å². The van der Waals surface area contributed by atoms with E-state index in [0.717, 1.165) is 10.2 Å². The number of ketones is 1. The van der Waals surface area contributed by atoms with Crippen LogP contribution in [0.25, 0.3) is 0 Å². The lowest BCUT2D eigenvalue weighted by Crippen LogP contribution is -1.93. The van der Waals surface area contributed by atoms with Crippen LogP contribution in [0, 0.1) is 0 Å². The van der Waals surface area contributed by atoms with Crippen molar-refractivity contribution in [1.82, 2.24) is 0 Å². The second kappa shape index (κ2) is 6.18. The van der Waals surface area contributed by atoms with Gasteiger partial charge in [-0.25, -0.2) is 0 Å². The van der Waals surface area contributed by atoms with E-state index in [1.54, 1.807) is 18.3 Å². The predicted octanol–water partition coefficient (Wildman–Crippen LogP) is 4.97. The lowest BCUT2D eigenvalue weighted by molar-refractivity contribution is 0.105. The molecule has 1 aromatic carbocycles. The molecule has 0 atom stereocenters. The molecule has 2 nitrogen and oxygen atoms in total. The Kier molecular flexibility index (Phi) is 4.58. The van der Waals surface area contributed by atoms with Crippen LogP contribution in [-0.2, 0) is 0 Å². The topological polar surface area (TPSA) is 29.1 Å². The van der Waals surface area contributed by atoms with Crippen molar-refractivity contribution in [1.29, 1.82) is 0 Å². The molecule has 1 N–H and O–H groups in total. The minimum atomic E-state index is -0.0635. The Morgan fingerprint density at radius 3 is 2.72 bits per heavy atom. The zero-order valence-corrected chi connectivity index (χ0v) is 12.3. The monoisotopic (exact) mass is 341 g/mol. The van der Waals surface area contributed by atoms with Crippen molar-refractivity contribution in [3.8, 4) is 0 Å². The van der Waals surface area contributed by atoms with Gasteiger partial charge in [-0.3, -0.25) is 4.79 Å². The fourth-order valence-electron chi connectivity index (χ4n) is 1.31. The summed E-state index contributed by atoms with van der Waals surface area (Å²) in [7, 11) is 0. The van der Waals surface area contributed by atoms with Crippen molar-refractivity contribution >= 4 is 50.3 Å². The molecule has 1 heterocycles. The van der Waals surface area contributed by atoms with Crippen molar-refractivity contribution in [2.75, 3.05) is 5.32 Å². The Morgan fingerprint density at radius 2 is 2.06 bits per heavy atom. The number of thiophene rings is 1. The van der Waals surface area contributed by atoms with Crippen molar-refractivity contribution in [2.24, 2.45) is 0 Å². The first-order chi connectivity index (χ1) is 8.66. The maximum absolute atomic E-state index is 11.7. The number of carbonyl (C=O) groups excluding carboxylic acids is 1. The average molecular weight is 343 g/mol. The molecule has 1 aromatic heterocycles. The Morgan fingerprint density at radius 1 is 1.28 bits per heavy atom. The van der Waals surface area contributed by atoms with Crippen LogP contribution in [0.1, 0.15) is 9.67 Å². The van der Waals surface area contributed by atoms with E-state index >= 15 is 0 Å². The minimum Gasteiger partial charge on any atom is -0.361 e. The molecular weight excluding hydrogens is 334 g/mol. The molecule has 0 radical (unpaired) electrons. The smallest absolute Gasteiger partial charge is 0.197 e. The van der Waals surface area contributed by atoms with E-state index in [9.17, 15) is 4.79 Å². The van der Waals surface area contributed by atoms with Gasteiger partial charge in [-0.1, -0.05) is 23.7 Å². The number of anilines is 1. The summed E-state index contributed by atoms with van der Waals surface area (Å²) in [5.41, 5.74) is 0.908. The number of hydrogen-bond acceptors (Lipinski definition) is 3. The van der Waals surface area contributed by atoms with Crippen molar-refractivity contribution in [3.05, 3.63) is 62.4 Å². The molecule has 0 fully saturated rings. The van der Waals surface area contributed by atoms with Crippen molar-refractivity contribution < 1.29 is 4.79 Å². The Bertz CT molecular complexity index is 594. The summed E-state index contributed by atoms with van der Waals surface area (Å²) in [6, 6.07) is 11.1. The molecule has 0 aliphatic carbocycles. The maximum atomic E-state index is 11.7. The summed E-state index contributed by atoms with van der Waals surface area (Å²) >= 11 is 10.5. The van der Waals surface area contributed by atoms with E-state index in [1.165, 1.54) is 17.4 Å². The van der Waals surface area contributed by atoms with Gasteiger partial charge in [-0.2, -0.15) is 0 Å². The lowest BCUT2D eigenvalue weighted by atomic mass is 10.3. The standard InChI is InChI=1S/C13H9BrClNOS/c14-9-3-1-2-4-10(9)16-8-7-11(17)12-5-6-13(15)18-12/h1-8,16H. The van der Waals surface area contributed by atoms with E-state index in [0.29, 0.717) is 9.21 Å². The third-order valence-corrected chi connectivity index (χ3v) is 4.10. The largest absolute Gasteiger partial charge is 0.361 e. The zero-order valence-electron chi connectivity index (χ0n) is 9.19. The lowest BCUT2D eigenvalue weighted by Gasteiger charge is -2.02. The molecule has 0 aliphatic rings. The van der Waals surface area contributed by atoms with Crippen LogP contribution in [-0.4, -0.2) is 5.78 Å². The molecule has 0 unspecified atom stereocenters. The van der Waals surface area contributed by atoms with Crippen LogP contribution in [0.3, 0.4) is 0 Å². The predicted molar refractivity (Wildman–Crippen MR) is 80.6 cm³/mol. The van der Waals surface area contributed by atoms with Gasteiger partial charge in [-0.05, 0) is 40.2 Å². The number of carbonyl (C=O) groups is 1. The van der Waals surface area contributed by atoms with Crippen LogP contribution in [0.4, 0.5) is 5.69 Å². The van der Waals surface area contributed by atoms with Gasteiger partial charge in [0, 0.05) is 16.7 Å². The summed E-state index contributed by atoms with van der Waals surface area (Å²) < 4.78 is 1.56. The summed E-state index contributed by atoms with van der Waals surface area (Å²) in [6.45, 7) is 0. The molecule has 2 rings (SSSR count). The normalized spacial score (nSPS) is 10.8. The summed E-state index contributed by atoms with van der Waals surface area (Å²) in [5.74, 6) is -0.0635. The van der Waals surface area contributed by atoms with Crippen LogP contribution in [0.2, 0.25) is 4.34 Å². The average Bonchev–Trinajstić information content (AvgIpc) is 2.78. The van der Waals surface area contributed by atoms with Gasteiger partial charge in [0.15, 0.2) is 5.78 Å². The van der Waals surface area contributed by atoms with Gasteiger partial charge in [0.2, 0.25) is 0 Å². The van der Waals surface area contributed by atoms with Gasteiger partial charge >= 0.3 is 0 Å².